The number of halogens is 5. The van der Waals surface area contributed by atoms with Crippen molar-refractivity contribution in [2.75, 3.05) is 0 Å². The summed E-state index contributed by atoms with van der Waals surface area (Å²) < 4.78 is 64.9. The Kier molecular flexibility index (Phi) is 4.30. The minimum atomic E-state index is -5.21. The first-order valence-electron chi connectivity index (χ1n) is 4.71. The van der Waals surface area contributed by atoms with E-state index in [1.54, 1.807) is 0 Å². The van der Waals surface area contributed by atoms with Gasteiger partial charge in [0.15, 0.2) is 6.10 Å². The van der Waals surface area contributed by atoms with Gasteiger partial charge in [-0.05, 0) is 6.07 Å². The summed E-state index contributed by atoms with van der Waals surface area (Å²) in [5, 5.41) is 17.7. The van der Waals surface area contributed by atoms with Crippen molar-refractivity contribution in [3.8, 4) is 5.75 Å². The molecular weight excluding hydrogens is 279 g/mol. The van der Waals surface area contributed by atoms with Gasteiger partial charge in [0.2, 0.25) is 0 Å². The second kappa shape index (κ2) is 5.39. The second-order valence-corrected chi connectivity index (χ2v) is 3.35. The van der Waals surface area contributed by atoms with E-state index in [9.17, 15) is 31.9 Å². The zero-order valence-electron chi connectivity index (χ0n) is 8.99. The van der Waals surface area contributed by atoms with Gasteiger partial charge in [0.25, 0.3) is 6.43 Å². The molecule has 0 saturated carbocycles. The van der Waals surface area contributed by atoms with Gasteiger partial charge >= 0.3 is 12.3 Å². The van der Waals surface area contributed by atoms with Gasteiger partial charge in [-0.2, -0.15) is 0 Å². The highest BCUT2D eigenvalue weighted by atomic mass is 19.4. The van der Waals surface area contributed by atoms with E-state index in [2.05, 4.69) is 4.74 Å². The van der Waals surface area contributed by atoms with Gasteiger partial charge in [-0.15, -0.1) is 13.2 Å². The fourth-order valence-electron chi connectivity index (χ4n) is 1.38. The van der Waals surface area contributed by atoms with Crippen molar-refractivity contribution in [2.45, 2.75) is 18.9 Å². The Morgan fingerprint density at radius 3 is 2.26 bits per heavy atom. The molecule has 19 heavy (non-hydrogen) atoms. The number of rotatable bonds is 4. The Bertz CT molecular complexity index is 471. The number of alkyl halides is 5. The molecule has 2 N–H and O–H groups in total. The lowest BCUT2D eigenvalue weighted by molar-refractivity contribution is -0.275. The summed E-state index contributed by atoms with van der Waals surface area (Å²) in [5.74, 6) is -3.12. The van der Waals surface area contributed by atoms with Crippen molar-refractivity contribution in [2.24, 2.45) is 0 Å². The Balaban J connectivity index is 3.34. The molecule has 0 heterocycles. The molecular formula is C10H7F5O4. The monoisotopic (exact) mass is 286 g/mol. The average Bonchev–Trinajstić information content (AvgIpc) is 2.24. The predicted molar refractivity (Wildman–Crippen MR) is 50.7 cm³/mol. The third-order valence-electron chi connectivity index (χ3n) is 2.07. The summed E-state index contributed by atoms with van der Waals surface area (Å²) in [6, 6.07) is 2.25. The van der Waals surface area contributed by atoms with E-state index in [1.807, 2.05) is 0 Å². The first kappa shape index (κ1) is 15.2. The number of carboxylic acid groups (broad SMARTS) is 1. The Morgan fingerprint density at radius 2 is 1.84 bits per heavy atom. The highest BCUT2D eigenvalue weighted by Gasteiger charge is 2.35. The van der Waals surface area contributed by atoms with Crippen LogP contribution in [0.1, 0.15) is 23.7 Å². The van der Waals surface area contributed by atoms with Crippen LogP contribution in [0.5, 0.6) is 5.75 Å². The molecule has 0 spiro atoms. The summed E-state index contributed by atoms with van der Waals surface area (Å²) in [6.45, 7) is 0. The minimum absolute atomic E-state index is 0.604. The van der Waals surface area contributed by atoms with Crippen LogP contribution in [-0.4, -0.2) is 22.5 Å². The summed E-state index contributed by atoms with van der Waals surface area (Å²) in [6.07, 6.45) is -11.0. The molecule has 1 rings (SSSR count). The van der Waals surface area contributed by atoms with E-state index in [1.165, 1.54) is 0 Å². The Labute approximate surface area is 103 Å². The van der Waals surface area contributed by atoms with Crippen molar-refractivity contribution in [3.05, 3.63) is 29.3 Å². The van der Waals surface area contributed by atoms with Gasteiger partial charge in [-0.1, -0.05) is 12.1 Å². The zero-order valence-corrected chi connectivity index (χ0v) is 8.99. The fraction of sp³-hybridized carbons (Fsp3) is 0.300. The molecule has 106 valence electrons. The molecule has 1 aromatic carbocycles. The molecule has 0 aromatic heterocycles. The fourth-order valence-corrected chi connectivity index (χ4v) is 1.38. The third kappa shape index (κ3) is 3.78. The van der Waals surface area contributed by atoms with E-state index < -0.39 is 41.7 Å². The minimum Gasteiger partial charge on any atom is -0.479 e. The summed E-state index contributed by atoms with van der Waals surface area (Å²) in [7, 11) is 0. The molecule has 4 nitrogen and oxygen atoms in total. The third-order valence-corrected chi connectivity index (χ3v) is 2.07. The van der Waals surface area contributed by atoms with Gasteiger partial charge in [0.05, 0.1) is 5.56 Å². The molecule has 0 saturated heterocycles. The van der Waals surface area contributed by atoms with E-state index >= 15 is 0 Å². The standard InChI is InChI=1S/C10H7F5O4/c11-8(12)6-4(7(16)9(17)18)2-1-3-5(6)19-10(13,14)15/h1-3,7-8,16H,(H,17,18). The molecule has 0 radical (unpaired) electrons. The van der Waals surface area contributed by atoms with Gasteiger partial charge in [-0.25, -0.2) is 13.6 Å². The van der Waals surface area contributed by atoms with Gasteiger partial charge < -0.3 is 14.9 Å². The molecule has 0 bridgehead atoms. The van der Waals surface area contributed by atoms with Crippen LogP contribution in [0.2, 0.25) is 0 Å². The van der Waals surface area contributed by atoms with Gasteiger partial charge in [0, 0.05) is 5.56 Å². The highest BCUT2D eigenvalue weighted by molar-refractivity contribution is 5.75. The first-order chi connectivity index (χ1) is 8.63. The van der Waals surface area contributed by atoms with Crippen LogP contribution in [0.15, 0.2) is 18.2 Å². The summed E-state index contributed by atoms with van der Waals surface area (Å²) in [4.78, 5) is 10.5. The molecule has 1 unspecified atom stereocenters. The lowest BCUT2D eigenvalue weighted by Gasteiger charge is -2.17. The number of benzene rings is 1. The first-order valence-corrected chi connectivity index (χ1v) is 4.71. The summed E-state index contributed by atoms with van der Waals surface area (Å²) >= 11 is 0. The van der Waals surface area contributed by atoms with Crippen molar-refractivity contribution < 1.29 is 41.7 Å². The van der Waals surface area contributed by atoms with Crippen LogP contribution in [0.4, 0.5) is 22.0 Å². The summed E-state index contributed by atoms with van der Waals surface area (Å²) in [5.41, 5.74) is -2.17. The van der Waals surface area contributed by atoms with Gasteiger partial charge in [0.1, 0.15) is 5.75 Å². The zero-order chi connectivity index (χ0) is 14.8. The molecule has 1 aromatic rings. The van der Waals surface area contributed by atoms with E-state index in [0.717, 1.165) is 12.1 Å². The average molecular weight is 286 g/mol. The van der Waals surface area contributed by atoms with Crippen LogP contribution in [-0.2, 0) is 4.79 Å². The number of aliphatic hydroxyl groups excluding tert-OH is 1. The quantitative estimate of drug-likeness (QED) is 0.835. The molecule has 1 atom stereocenters. The normalized spacial score (nSPS) is 13.4. The van der Waals surface area contributed by atoms with E-state index in [4.69, 9.17) is 5.11 Å². The topological polar surface area (TPSA) is 66.8 Å². The lowest BCUT2D eigenvalue weighted by atomic mass is 10.0. The molecule has 0 aliphatic carbocycles. The van der Waals surface area contributed by atoms with Crippen molar-refractivity contribution in [1.82, 2.24) is 0 Å². The number of aliphatic hydroxyl groups is 1. The van der Waals surface area contributed by atoms with Crippen LogP contribution >= 0.6 is 0 Å². The largest absolute Gasteiger partial charge is 0.573 e. The maximum atomic E-state index is 12.7. The number of aliphatic carboxylic acids is 1. The molecule has 0 aliphatic heterocycles. The number of hydrogen-bond donors (Lipinski definition) is 2. The smallest absolute Gasteiger partial charge is 0.479 e. The van der Waals surface area contributed by atoms with Crippen molar-refractivity contribution in [1.29, 1.82) is 0 Å². The maximum absolute atomic E-state index is 12.7. The molecule has 9 heteroatoms. The Hall–Kier alpha value is -1.90. The van der Waals surface area contributed by atoms with Crippen LogP contribution in [0, 0.1) is 0 Å². The highest BCUT2D eigenvalue weighted by Crippen LogP contribution is 2.37. The van der Waals surface area contributed by atoms with Crippen LogP contribution in [0.3, 0.4) is 0 Å². The van der Waals surface area contributed by atoms with Crippen LogP contribution in [0.25, 0.3) is 0 Å². The van der Waals surface area contributed by atoms with Crippen LogP contribution < -0.4 is 4.74 Å². The molecule has 0 amide bonds. The number of hydrogen-bond acceptors (Lipinski definition) is 3. The Morgan fingerprint density at radius 1 is 1.26 bits per heavy atom. The van der Waals surface area contributed by atoms with E-state index in [-0.39, 0.29) is 0 Å². The lowest BCUT2D eigenvalue weighted by Crippen LogP contribution is -2.20. The number of ether oxygens (including phenoxy) is 1. The predicted octanol–water partition coefficient (Wildman–Crippen LogP) is 2.64. The van der Waals surface area contributed by atoms with Crippen molar-refractivity contribution >= 4 is 5.97 Å². The maximum Gasteiger partial charge on any atom is 0.573 e. The van der Waals surface area contributed by atoms with E-state index in [0.29, 0.717) is 6.07 Å². The van der Waals surface area contributed by atoms with Gasteiger partial charge in [-0.3, -0.25) is 0 Å². The SMILES string of the molecule is O=C(O)C(O)c1cccc(OC(F)(F)F)c1C(F)F. The second-order valence-electron chi connectivity index (χ2n) is 3.35. The van der Waals surface area contributed by atoms with Crippen molar-refractivity contribution in [3.63, 3.8) is 0 Å². The molecule has 0 aliphatic rings. The number of carboxylic acids is 1. The molecule has 0 fully saturated rings. The number of carbonyl (C=O) groups is 1.